The van der Waals surface area contributed by atoms with Crippen molar-refractivity contribution in [3.05, 3.63) is 41.5 Å². The summed E-state index contributed by atoms with van der Waals surface area (Å²) >= 11 is 0. The summed E-state index contributed by atoms with van der Waals surface area (Å²) in [6, 6.07) is 1.92. The first-order valence-corrected chi connectivity index (χ1v) is 4.75. The SMILES string of the molecule is C=C/C(=C\c1cc(C)oc1C)N=CNC#N. The van der Waals surface area contributed by atoms with Gasteiger partial charge in [-0.3, -0.25) is 5.32 Å². The van der Waals surface area contributed by atoms with Crippen LogP contribution in [0.5, 0.6) is 0 Å². The molecule has 0 aliphatic rings. The molecule has 0 amide bonds. The third kappa shape index (κ3) is 3.14. The van der Waals surface area contributed by atoms with Gasteiger partial charge in [-0.25, -0.2) is 4.99 Å². The Labute approximate surface area is 94.6 Å². The lowest BCUT2D eigenvalue weighted by molar-refractivity contribution is 0.504. The van der Waals surface area contributed by atoms with Crippen molar-refractivity contribution < 1.29 is 4.42 Å². The van der Waals surface area contributed by atoms with Crippen LogP contribution in [0, 0.1) is 25.3 Å². The Balaban J connectivity index is 2.92. The molecule has 1 aromatic heterocycles. The van der Waals surface area contributed by atoms with Gasteiger partial charge in [0.25, 0.3) is 0 Å². The van der Waals surface area contributed by atoms with Gasteiger partial charge in [0, 0.05) is 5.56 Å². The first kappa shape index (κ1) is 11.8. The minimum Gasteiger partial charge on any atom is -0.466 e. The number of nitriles is 1. The van der Waals surface area contributed by atoms with Gasteiger partial charge >= 0.3 is 0 Å². The number of hydrogen-bond donors (Lipinski definition) is 1. The number of aryl methyl sites for hydroxylation is 2. The highest BCUT2D eigenvalue weighted by Gasteiger charge is 2.01. The molecule has 1 rings (SSSR count). The highest BCUT2D eigenvalue weighted by atomic mass is 16.3. The fourth-order valence-corrected chi connectivity index (χ4v) is 1.24. The van der Waals surface area contributed by atoms with Crippen molar-refractivity contribution >= 4 is 12.4 Å². The maximum Gasteiger partial charge on any atom is 0.182 e. The molecule has 0 radical (unpaired) electrons. The van der Waals surface area contributed by atoms with Crippen LogP contribution in [0.2, 0.25) is 0 Å². The van der Waals surface area contributed by atoms with Crippen LogP contribution in [-0.2, 0) is 0 Å². The van der Waals surface area contributed by atoms with Crippen molar-refractivity contribution in [3.63, 3.8) is 0 Å². The maximum atomic E-state index is 8.28. The van der Waals surface area contributed by atoms with E-state index in [2.05, 4.69) is 16.9 Å². The molecule has 1 N–H and O–H groups in total. The van der Waals surface area contributed by atoms with Crippen LogP contribution < -0.4 is 5.32 Å². The first-order chi connectivity index (χ1) is 7.67. The topological polar surface area (TPSA) is 61.3 Å². The van der Waals surface area contributed by atoms with Gasteiger partial charge in [-0.2, -0.15) is 5.26 Å². The molecule has 16 heavy (non-hydrogen) atoms. The summed E-state index contributed by atoms with van der Waals surface area (Å²) in [5.74, 6) is 1.69. The van der Waals surface area contributed by atoms with E-state index in [0.717, 1.165) is 17.1 Å². The fraction of sp³-hybridized carbons (Fsp3) is 0.167. The average Bonchev–Trinajstić information content (AvgIpc) is 2.56. The molecule has 0 aliphatic heterocycles. The van der Waals surface area contributed by atoms with E-state index in [0.29, 0.717) is 5.70 Å². The van der Waals surface area contributed by atoms with E-state index in [9.17, 15) is 0 Å². The summed E-state index contributed by atoms with van der Waals surface area (Å²) in [4.78, 5) is 4.02. The molecule has 1 aromatic rings. The van der Waals surface area contributed by atoms with Crippen LogP contribution in [0.4, 0.5) is 0 Å². The summed E-state index contributed by atoms with van der Waals surface area (Å²) < 4.78 is 5.39. The third-order valence-electron chi connectivity index (χ3n) is 1.93. The van der Waals surface area contributed by atoms with Gasteiger partial charge < -0.3 is 4.42 Å². The zero-order chi connectivity index (χ0) is 12.0. The predicted molar refractivity (Wildman–Crippen MR) is 63.6 cm³/mol. The minimum atomic E-state index is 0.659. The number of aliphatic imine (C=N–C) groups is 1. The van der Waals surface area contributed by atoms with Crippen LogP contribution in [0.1, 0.15) is 17.1 Å². The van der Waals surface area contributed by atoms with Crippen LogP contribution in [-0.4, -0.2) is 6.34 Å². The van der Waals surface area contributed by atoms with E-state index in [-0.39, 0.29) is 0 Å². The average molecular weight is 215 g/mol. The molecule has 0 aliphatic carbocycles. The Hall–Kier alpha value is -2.28. The zero-order valence-corrected chi connectivity index (χ0v) is 9.32. The van der Waals surface area contributed by atoms with Gasteiger partial charge in [-0.05, 0) is 32.1 Å². The van der Waals surface area contributed by atoms with Gasteiger partial charge in [0.15, 0.2) is 6.19 Å². The molecule has 0 spiro atoms. The molecule has 0 saturated carbocycles. The summed E-state index contributed by atoms with van der Waals surface area (Å²) in [7, 11) is 0. The monoisotopic (exact) mass is 215 g/mol. The van der Waals surface area contributed by atoms with Crippen molar-refractivity contribution in [3.8, 4) is 6.19 Å². The molecule has 0 aromatic carbocycles. The molecule has 4 heteroatoms. The smallest absolute Gasteiger partial charge is 0.182 e. The second kappa shape index (κ2) is 5.56. The number of nitrogens with one attached hydrogen (secondary N) is 1. The van der Waals surface area contributed by atoms with E-state index in [4.69, 9.17) is 9.68 Å². The minimum absolute atomic E-state index is 0.659. The van der Waals surface area contributed by atoms with Crippen molar-refractivity contribution in [1.29, 1.82) is 5.26 Å². The van der Waals surface area contributed by atoms with Crippen LogP contribution in [0.3, 0.4) is 0 Å². The number of hydrogen-bond acceptors (Lipinski definition) is 3. The third-order valence-corrected chi connectivity index (χ3v) is 1.93. The Morgan fingerprint density at radius 2 is 2.38 bits per heavy atom. The van der Waals surface area contributed by atoms with Gasteiger partial charge in [0.1, 0.15) is 17.9 Å². The lowest BCUT2D eigenvalue weighted by Gasteiger charge is -1.93. The number of nitrogens with zero attached hydrogens (tertiary/aromatic N) is 2. The lowest BCUT2D eigenvalue weighted by atomic mass is 10.2. The summed E-state index contributed by atoms with van der Waals surface area (Å²) in [5.41, 5.74) is 1.62. The van der Waals surface area contributed by atoms with E-state index in [1.54, 1.807) is 12.3 Å². The molecule has 4 nitrogen and oxygen atoms in total. The molecular formula is C12H13N3O. The van der Waals surface area contributed by atoms with E-state index >= 15 is 0 Å². The fourth-order valence-electron chi connectivity index (χ4n) is 1.24. The zero-order valence-electron chi connectivity index (χ0n) is 9.32. The molecule has 1 heterocycles. The van der Waals surface area contributed by atoms with Crippen LogP contribution in [0.15, 0.2) is 33.8 Å². The molecule has 0 fully saturated rings. The van der Waals surface area contributed by atoms with Crippen LogP contribution >= 0.6 is 0 Å². The normalized spacial score (nSPS) is 11.4. The summed E-state index contributed by atoms with van der Waals surface area (Å²) in [6.45, 7) is 7.42. The molecule has 0 bridgehead atoms. The van der Waals surface area contributed by atoms with Gasteiger partial charge in [-0.15, -0.1) is 0 Å². The summed E-state index contributed by atoms with van der Waals surface area (Å²) in [5, 5.41) is 10.6. The largest absolute Gasteiger partial charge is 0.466 e. The number of furan rings is 1. The van der Waals surface area contributed by atoms with Crippen molar-refractivity contribution in [1.82, 2.24) is 5.32 Å². The first-order valence-electron chi connectivity index (χ1n) is 4.75. The van der Waals surface area contributed by atoms with Crippen LogP contribution in [0.25, 0.3) is 6.08 Å². The Kier molecular flexibility index (Phi) is 4.10. The second-order valence-electron chi connectivity index (χ2n) is 3.16. The molecule has 82 valence electrons. The van der Waals surface area contributed by atoms with Crippen molar-refractivity contribution in [2.45, 2.75) is 13.8 Å². The summed E-state index contributed by atoms with van der Waals surface area (Å²) in [6.07, 6.45) is 6.51. The molecule has 0 atom stereocenters. The lowest BCUT2D eigenvalue weighted by Crippen LogP contribution is -1.99. The van der Waals surface area contributed by atoms with E-state index in [1.807, 2.05) is 26.0 Å². The number of rotatable bonds is 4. The molecular weight excluding hydrogens is 202 g/mol. The predicted octanol–water partition coefficient (Wildman–Crippen LogP) is 2.52. The Bertz CT molecular complexity index is 475. The molecule has 0 unspecified atom stereocenters. The molecule has 0 saturated heterocycles. The van der Waals surface area contributed by atoms with E-state index in [1.165, 1.54) is 6.34 Å². The Morgan fingerprint density at radius 3 is 2.88 bits per heavy atom. The highest BCUT2D eigenvalue weighted by molar-refractivity contribution is 5.64. The van der Waals surface area contributed by atoms with Gasteiger partial charge in [-0.1, -0.05) is 6.58 Å². The van der Waals surface area contributed by atoms with Crippen molar-refractivity contribution in [2.24, 2.45) is 4.99 Å². The second-order valence-corrected chi connectivity index (χ2v) is 3.16. The highest BCUT2D eigenvalue weighted by Crippen LogP contribution is 2.17. The number of allylic oxidation sites excluding steroid dienone is 1. The van der Waals surface area contributed by atoms with Gasteiger partial charge in [0.2, 0.25) is 0 Å². The standard InChI is InChI=1S/C12H13N3O/c1-4-12(15-8-14-7-13)6-11-5-9(2)16-10(11)3/h4-6,8H,1H2,2-3H3,(H,14,15)/b12-6+. The Morgan fingerprint density at radius 1 is 1.62 bits per heavy atom. The maximum absolute atomic E-state index is 8.28. The quantitative estimate of drug-likeness (QED) is 0.276. The van der Waals surface area contributed by atoms with E-state index < -0.39 is 0 Å². The van der Waals surface area contributed by atoms with Gasteiger partial charge in [0.05, 0.1) is 5.70 Å². The van der Waals surface area contributed by atoms with Crippen molar-refractivity contribution in [2.75, 3.05) is 0 Å².